The second-order valence-electron chi connectivity index (χ2n) is 7.63. The summed E-state index contributed by atoms with van der Waals surface area (Å²) in [6.07, 6.45) is 0.634. The summed E-state index contributed by atoms with van der Waals surface area (Å²) in [5.74, 6) is 0.251. The number of likely N-dealkylation sites (tertiary alicyclic amines) is 1. The molecule has 0 saturated carbocycles. The Morgan fingerprint density at radius 3 is 2.50 bits per heavy atom. The maximum absolute atomic E-state index is 13.1. The second kappa shape index (κ2) is 7.22. The van der Waals surface area contributed by atoms with Gasteiger partial charge in [0.15, 0.2) is 0 Å². The molecule has 4 rings (SSSR count). The Balaban J connectivity index is 1.54. The first kappa shape index (κ1) is 19.0. The Kier molecular flexibility index (Phi) is 4.89. The largest absolute Gasteiger partial charge is 0.336 e. The number of aryl methyl sites for hydroxylation is 1. The smallest absolute Gasteiger partial charge is 0.254 e. The molecule has 0 radical (unpaired) electrons. The molecular formula is C21H25N3O3S. The van der Waals surface area contributed by atoms with Crippen molar-refractivity contribution in [3.8, 4) is 0 Å². The SMILES string of the molecule is Cc1cc(N2CCCS2(=O)=O)ccc1C(=O)N1C[C@@H](N)[C@H](c2ccccc2)C1. The molecule has 28 heavy (non-hydrogen) atoms. The Hall–Kier alpha value is -2.38. The first-order valence-corrected chi connectivity index (χ1v) is 11.2. The van der Waals surface area contributed by atoms with Crippen molar-refractivity contribution >= 4 is 21.6 Å². The summed E-state index contributed by atoms with van der Waals surface area (Å²) >= 11 is 0. The predicted molar refractivity (Wildman–Crippen MR) is 110 cm³/mol. The second-order valence-corrected chi connectivity index (χ2v) is 9.64. The molecule has 2 saturated heterocycles. The molecular weight excluding hydrogens is 374 g/mol. The van der Waals surface area contributed by atoms with Crippen LogP contribution in [-0.2, 0) is 10.0 Å². The van der Waals surface area contributed by atoms with E-state index in [1.807, 2.05) is 25.1 Å². The molecule has 148 valence electrons. The topological polar surface area (TPSA) is 83.7 Å². The highest BCUT2D eigenvalue weighted by Crippen LogP contribution is 2.30. The van der Waals surface area contributed by atoms with Gasteiger partial charge in [0.05, 0.1) is 11.4 Å². The number of hydrogen-bond acceptors (Lipinski definition) is 4. The molecule has 2 aliphatic heterocycles. The van der Waals surface area contributed by atoms with Crippen LogP contribution in [-0.4, -0.2) is 50.7 Å². The Morgan fingerprint density at radius 1 is 1.11 bits per heavy atom. The third kappa shape index (κ3) is 3.40. The number of hydrogen-bond donors (Lipinski definition) is 1. The van der Waals surface area contributed by atoms with E-state index in [0.29, 0.717) is 37.3 Å². The van der Waals surface area contributed by atoms with Crippen LogP contribution in [0, 0.1) is 6.92 Å². The van der Waals surface area contributed by atoms with Crippen LogP contribution < -0.4 is 10.0 Å². The van der Waals surface area contributed by atoms with Crippen molar-refractivity contribution in [3.05, 3.63) is 65.2 Å². The Bertz CT molecular complexity index is 991. The first-order valence-electron chi connectivity index (χ1n) is 9.58. The lowest BCUT2D eigenvalue weighted by Crippen LogP contribution is -2.32. The fraction of sp³-hybridized carbons (Fsp3) is 0.381. The monoisotopic (exact) mass is 399 g/mol. The van der Waals surface area contributed by atoms with Crippen LogP contribution in [0.4, 0.5) is 5.69 Å². The number of anilines is 1. The quantitative estimate of drug-likeness (QED) is 0.857. The van der Waals surface area contributed by atoms with Gasteiger partial charge in [0.25, 0.3) is 5.91 Å². The molecule has 2 aromatic rings. The highest BCUT2D eigenvalue weighted by atomic mass is 32.2. The van der Waals surface area contributed by atoms with E-state index in [1.54, 1.807) is 23.1 Å². The maximum Gasteiger partial charge on any atom is 0.254 e. The standard InChI is InChI=1S/C21H25N3O3S/c1-15-12-17(24-10-5-11-28(24,26)27)8-9-18(15)21(25)23-13-19(20(22)14-23)16-6-3-2-4-7-16/h2-4,6-9,12,19-20H,5,10-11,13-14,22H2,1H3/t19-,20+/m0/s1. The average Bonchev–Trinajstić information content (AvgIpc) is 3.23. The average molecular weight is 400 g/mol. The summed E-state index contributed by atoms with van der Waals surface area (Å²) in [6, 6.07) is 15.2. The van der Waals surface area contributed by atoms with Crippen molar-refractivity contribution in [1.29, 1.82) is 0 Å². The van der Waals surface area contributed by atoms with Crippen molar-refractivity contribution < 1.29 is 13.2 Å². The lowest BCUT2D eigenvalue weighted by atomic mass is 9.95. The van der Waals surface area contributed by atoms with Gasteiger partial charge in [-0.05, 0) is 42.7 Å². The molecule has 2 aromatic carbocycles. The number of sulfonamides is 1. The van der Waals surface area contributed by atoms with E-state index in [0.717, 1.165) is 11.1 Å². The van der Waals surface area contributed by atoms with Gasteiger partial charge in [-0.15, -0.1) is 0 Å². The van der Waals surface area contributed by atoms with E-state index in [9.17, 15) is 13.2 Å². The van der Waals surface area contributed by atoms with E-state index in [2.05, 4.69) is 12.1 Å². The third-order valence-corrected chi connectivity index (χ3v) is 7.58. The lowest BCUT2D eigenvalue weighted by Gasteiger charge is -2.21. The molecule has 2 aliphatic rings. The fourth-order valence-electron chi connectivity index (χ4n) is 4.19. The van der Waals surface area contributed by atoms with Crippen LogP contribution in [0.25, 0.3) is 0 Å². The highest BCUT2D eigenvalue weighted by molar-refractivity contribution is 7.93. The third-order valence-electron chi connectivity index (χ3n) is 5.71. The van der Waals surface area contributed by atoms with Gasteiger partial charge < -0.3 is 10.6 Å². The minimum absolute atomic E-state index is 0.0535. The van der Waals surface area contributed by atoms with Gasteiger partial charge >= 0.3 is 0 Å². The molecule has 7 heteroatoms. The molecule has 1 amide bonds. The zero-order valence-electron chi connectivity index (χ0n) is 15.9. The van der Waals surface area contributed by atoms with E-state index < -0.39 is 10.0 Å². The van der Waals surface area contributed by atoms with Crippen LogP contribution in [0.3, 0.4) is 0 Å². The van der Waals surface area contributed by atoms with Crippen molar-refractivity contribution in [3.63, 3.8) is 0 Å². The van der Waals surface area contributed by atoms with Crippen LogP contribution in [0.2, 0.25) is 0 Å². The molecule has 0 aromatic heterocycles. The van der Waals surface area contributed by atoms with Gasteiger partial charge in [-0.2, -0.15) is 0 Å². The van der Waals surface area contributed by atoms with Gasteiger partial charge in [-0.25, -0.2) is 8.42 Å². The van der Waals surface area contributed by atoms with E-state index in [-0.39, 0.29) is 23.6 Å². The number of benzene rings is 2. The summed E-state index contributed by atoms with van der Waals surface area (Å²) in [7, 11) is -3.23. The van der Waals surface area contributed by atoms with Crippen molar-refractivity contribution in [2.75, 3.05) is 29.7 Å². The normalized spacial score (nSPS) is 23.9. The van der Waals surface area contributed by atoms with Crippen LogP contribution in [0.1, 0.15) is 33.8 Å². The number of carbonyl (C=O) groups is 1. The van der Waals surface area contributed by atoms with Gasteiger partial charge in [0, 0.05) is 37.2 Å². The van der Waals surface area contributed by atoms with Crippen molar-refractivity contribution in [2.45, 2.75) is 25.3 Å². The number of nitrogens with zero attached hydrogens (tertiary/aromatic N) is 2. The summed E-state index contributed by atoms with van der Waals surface area (Å²) < 4.78 is 25.7. The lowest BCUT2D eigenvalue weighted by molar-refractivity contribution is 0.0788. The van der Waals surface area contributed by atoms with Gasteiger partial charge in [-0.3, -0.25) is 9.10 Å². The minimum atomic E-state index is -3.23. The zero-order chi connectivity index (χ0) is 19.9. The molecule has 0 unspecified atom stereocenters. The van der Waals surface area contributed by atoms with Crippen LogP contribution in [0.5, 0.6) is 0 Å². The molecule has 0 aliphatic carbocycles. The maximum atomic E-state index is 13.1. The molecule has 0 spiro atoms. The minimum Gasteiger partial charge on any atom is -0.336 e. The van der Waals surface area contributed by atoms with Gasteiger partial charge in [0.2, 0.25) is 10.0 Å². The molecule has 2 fully saturated rings. The summed E-state index contributed by atoms with van der Waals surface area (Å²) in [5, 5.41) is 0. The van der Waals surface area contributed by atoms with E-state index in [1.165, 1.54) is 4.31 Å². The molecule has 2 heterocycles. The Labute approximate surface area is 166 Å². The van der Waals surface area contributed by atoms with Crippen molar-refractivity contribution in [2.24, 2.45) is 5.73 Å². The number of carbonyl (C=O) groups excluding carboxylic acids is 1. The van der Waals surface area contributed by atoms with E-state index >= 15 is 0 Å². The van der Waals surface area contributed by atoms with Crippen LogP contribution in [0.15, 0.2) is 48.5 Å². The molecule has 0 bridgehead atoms. The number of nitrogens with two attached hydrogens (primary N) is 1. The highest BCUT2D eigenvalue weighted by Gasteiger charge is 2.35. The fourth-order valence-corrected chi connectivity index (χ4v) is 5.75. The first-order chi connectivity index (χ1) is 13.4. The number of rotatable bonds is 3. The van der Waals surface area contributed by atoms with Gasteiger partial charge in [-0.1, -0.05) is 30.3 Å². The summed E-state index contributed by atoms with van der Waals surface area (Å²) in [4.78, 5) is 14.9. The zero-order valence-corrected chi connectivity index (χ0v) is 16.7. The van der Waals surface area contributed by atoms with E-state index in [4.69, 9.17) is 5.73 Å². The van der Waals surface area contributed by atoms with Gasteiger partial charge in [0.1, 0.15) is 0 Å². The summed E-state index contributed by atoms with van der Waals surface area (Å²) in [5.41, 5.74) is 9.48. The van der Waals surface area contributed by atoms with Crippen molar-refractivity contribution in [1.82, 2.24) is 4.90 Å². The predicted octanol–water partition coefficient (Wildman–Crippen LogP) is 2.10. The summed E-state index contributed by atoms with van der Waals surface area (Å²) in [6.45, 7) is 3.45. The molecule has 6 nitrogen and oxygen atoms in total. The number of amides is 1. The molecule has 2 atom stereocenters. The Morgan fingerprint density at radius 2 is 1.86 bits per heavy atom. The molecule has 2 N–H and O–H groups in total. The van der Waals surface area contributed by atoms with Crippen LogP contribution >= 0.6 is 0 Å².